The lowest BCUT2D eigenvalue weighted by molar-refractivity contribution is 0.0797. The van der Waals surface area contributed by atoms with Crippen molar-refractivity contribution >= 4 is 11.9 Å². The fraction of sp³-hybridized carbons (Fsp3) is 0.357. The van der Waals surface area contributed by atoms with Crippen LogP contribution in [0.3, 0.4) is 0 Å². The number of rotatable bonds is 6. The van der Waals surface area contributed by atoms with E-state index in [2.05, 4.69) is 19.9 Å². The molecule has 11 heteroatoms. The predicted octanol–water partition coefficient (Wildman–Crippen LogP) is 4.81. The van der Waals surface area contributed by atoms with Gasteiger partial charge in [0.25, 0.3) is 0 Å². The van der Waals surface area contributed by atoms with Gasteiger partial charge in [-0.05, 0) is 50.3 Å². The van der Waals surface area contributed by atoms with Crippen LogP contribution < -0.4 is 9.64 Å². The molecule has 1 spiro atoms. The van der Waals surface area contributed by atoms with E-state index in [9.17, 15) is 4.79 Å². The van der Waals surface area contributed by atoms with E-state index in [0.717, 1.165) is 29.8 Å². The number of methoxy groups -OCH3 is 1. The fourth-order valence-electron chi connectivity index (χ4n) is 5.31. The van der Waals surface area contributed by atoms with Gasteiger partial charge in [-0.3, -0.25) is 4.90 Å². The van der Waals surface area contributed by atoms with Crippen molar-refractivity contribution in [3.05, 3.63) is 65.3 Å². The molecule has 0 saturated heterocycles. The van der Waals surface area contributed by atoms with Gasteiger partial charge in [0.2, 0.25) is 5.88 Å². The maximum Gasteiger partial charge on any atom is 0.416 e. The molecule has 4 heterocycles. The first kappa shape index (κ1) is 23.7. The Morgan fingerprint density at radius 1 is 1.18 bits per heavy atom. The van der Waals surface area contributed by atoms with Gasteiger partial charge in [0.05, 0.1) is 36.2 Å². The van der Waals surface area contributed by atoms with Gasteiger partial charge in [-0.15, -0.1) is 0 Å². The number of fused-ring (bicyclic) bond motifs is 2. The molecule has 0 N–H and O–H groups in total. The molecule has 1 amide bonds. The number of aromatic nitrogens is 6. The number of nitrogens with zero attached hydrogens (tertiary/aromatic N) is 7. The Bertz CT molecular complexity index is 1640. The summed E-state index contributed by atoms with van der Waals surface area (Å²) in [6.07, 6.45) is 8.00. The van der Waals surface area contributed by atoms with Crippen LogP contribution in [0.5, 0.6) is 5.88 Å². The Morgan fingerprint density at radius 3 is 2.67 bits per heavy atom. The molecule has 4 aromatic rings. The second kappa shape index (κ2) is 8.55. The van der Waals surface area contributed by atoms with Crippen LogP contribution in [0.4, 0.5) is 15.0 Å². The van der Waals surface area contributed by atoms with Crippen LogP contribution in [0.1, 0.15) is 54.1 Å². The van der Waals surface area contributed by atoms with Gasteiger partial charge >= 0.3 is 6.09 Å². The Hall–Kier alpha value is -4.41. The third kappa shape index (κ3) is 3.91. The molecule has 1 aliphatic heterocycles. The molecule has 10 nitrogen and oxygen atoms in total. The first-order valence-electron chi connectivity index (χ1n) is 12.9. The van der Waals surface area contributed by atoms with Crippen LogP contribution in [0.15, 0.2) is 36.9 Å². The monoisotopic (exact) mass is 527 g/mol. The maximum absolute atomic E-state index is 15.3. The number of imidazole rings is 1. The molecule has 2 saturated carbocycles. The zero-order valence-electron chi connectivity index (χ0n) is 21.8. The number of aryl methyl sites for hydroxylation is 2. The Kier molecular flexibility index (Phi) is 5.19. The molecule has 2 fully saturated rings. The third-order valence-corrected chi connectivity index (χ3v) is 7.56. The molecule has 198 valence electrons. The largest absolute Gasteiger partial charge is 0.480 e. The van der Waals surface area contributed by atoms with Crippen molar-refractivity contribution in [1.82, 2.24) is 29.5 Å². The summed E-state index contributed by atoms with van der Waals surface area (Å²) in [6, 6.07) is 4.90. The van der Waals surface area contributed by atoms with Gasteiger partial charge in [0.1, 0.15) is 35.0 Å². The average molecular weight is 528 g/mol. The number of carbonyl (C=O) groups excluding carboxylic acids is 1. The second-order valence-electron chi connectivity index (χ2n) is 10.4. The highest BCUT2D eigenvalue weighted by molar-refractivity contribution is 5.91. The zero-order chi connectivity index (χ0) is 26.9. The molecule has 1 aromatic carbocycles. The first-order valence-corrected chi connectivity index (χ1v) is 12.9. The quantitative estimate of drug-likeness (QED) is 0.351. The van der Waals surface area contributed by atoms with Gasteiger partial charge in [0, 0.05) is 25.4 Å². The molecule has 39 heavy (non-hydrogen) atoms. The standard InChI is InChI=1S/C28H26FN7O3/c1-15-12-35(2)24(33-15)18-7-4-16(10-20(18)29)13-36-25-19(28(8-9-28)39-27(36)37)11-30-23(34-25)21-22(17-5-6-17)31-14-32-26(21)38-3/h4,7,10-12,14,17H,5-6,8-9,13H2,1-3H3. The molecule has 7 rings (SSSR count). The minimum Gasteiger partial charge on any atom is -0.480 e. The van der Waals surface area contributed by atoms with Crippen molar-refractivity contribution in [2.24, 2.45) is 7.05 Å². The highest BCUT2D eigenvalue weighted by Gasteiger charge is 2.55. The lowest BCUT2D eigenvalue weighted by atomic mass is 10.1. The summed E-state index contributed by atoms with van der Waals surface area (Å²) < 4.78 is 28.4. The average Bonchev–Trinajstić information content (AvgIpc) is 3.86. The molecule has 2 aliphatic carbocycles. The van der Waals surface area contributed by atoms with Crippen molar-refractivity contribution in [1.29, 1.82) is 0 Å². The molecule has 3 aromatic heterocycles. The van der Waals surface area contributed by atoms with Crippen molar-refractivity contribution in [3.63, 3.8) is 0 Å². The van der Waals surface area contributed by atoms with Crippen molar-refractivity contribution in [3.8, 4) is 28.7 Å². The van der Waals surface area contributed by atoms with Crippen LogP contribution >= 0.6 is 0 Å². The fourth-order valence-corrected chi connectivity index (χ4v) is 5.31. The number of ether oxygens (including phenoxy) is 2. The molecule has 3 aliphatic rings. The van der Waals surface area contributed by atoms with Crippen molar-refractivity contribution in [2.45, 2.75) is 50.7 Å². The zero-order valence-corrected chi connectivity index (χ0v) is 21.8. The number of carbonyl (C=O) groups is 1. The normalized spacial score (nSPS) is 17.2. The van der Waals surface area contributed by atoms with Crippen molar-refractivity contribution < 1.29 is 18.7 Å². The van der Waals surface area contributed by atoms with E-state index in [1.54, 1.807) is 30.0 Å². The summed E-state index contributed by atoms with van der Waals surface area (Å²) >= 11 is 0. The molecular formula is C28H26FN7O3. The molecule has 0 bridgehead atoms. The Balaban J connectivity index is 1.29. The summed E-state index contributed by atoms with van der Waals surface area (Å²) in [4.78, 5) is 37.5. The van der Waals surface area contributed by atoms with Crippen LogP contribution in [-0.4, -0.2) is 42.7 Å². The number of hydrogen-bond acceptors (Lipinski definition) is 8. The number of hydrogen-bond donors (Lipinski definition) is 0. The highest BCUT2D eigenvalue weighted by atomic mass is 19.1. The van der Waals surface area contributed by atoms with E-state index in [1.807, 2.05) is 20.2 Å². The van der Waals surface area contributed by atoms with E-state index >= 15 is 4.39 Å². The third-order valence-electron chi connectivity index (χ3n) is 7.56. The van der Waals surface area contributed by atoms with Gasteiger partial charge in [-0.25, -0.2) is 34.1 Å². The van der Waals surface area contributed by atoms with E-state index in [4.69, 9.17) is 14.5 Å². The molecule has 0 unspecified atom stereocenters. The number of benzene rings is 1. The van der Waals surface area contributed by atoms with E-state index in [-0.39, 0.29) is 6.54 Å². The second-order valence-corrected chi connectivity index (χ2v) is 10.4. The van der Waals surface area contributed by atoms with Crippen LogP contribution in [-0.2, 0) is 23.9 Å². The Morgan fingerprint density at radius 2 is 2.00 bits per heavy atom. The minimum atomic E-state index is -0.705. The topological polar surface area (TPSA) is 108 Å². The SMILES string of the molecule is COc1ncnc(C2CC2)c1-c1ncc2c(n1)N(Cc1ccc(-c3nc(C)cn3C)c(F)c1)C(=O)OC21CC1. The number of halogens is 1. The molecule has 0 radical (unpaired) electrons. The summed E-state index contributed by atoms with van der Waals surface area (Å²) in [6.45, 7) is 1.94. The Labute approximate surface area is 223 Å². The maximum atomic E-state index is 15.3. The van der Waals surface area contributed by atoms with Crippen molar-refractivity contribution in [2.75, 3.05) is 12.0 Å². The summed E-state index contributed by atoms with van der Waals surface area (Å²) in [5, 5.41) is 0. The van der Waals surface area contributed by atoms with Gasteiger partial charge < -0.3 is 14.0 Å². The molecular weight excluding hydrogens is 501 g/mol. The smallest absolute Gasteiger partial charge is 0.416 e. The van der Waals surface area contributed by atoms with E-state index in [1.165, 1.54) is 17.3 Å². The van der Waals surface area contributed by atoms with Gasteiger partial charge in [0.15, 0.2) is 5.82 Å². The van der Waals surface area contributed by atoms with Gasteiger partial charge in [-0.2, -0.15) is 0 Å². The first-order chi connectivity index (χ1) is 18.9. The lowest BCUT2D eigenvalue weighted by Gasteiger charge is -2.33. The highest BCUT2D eigenvalue weighted by Crippen LogP contribution is 2.55. The van der Waals surface area contributed by atoms with E-state index in [0.29, 0.717) is 58.8 Å². The van der Waals surface area contributed by atoms with Crippen LogP contribution in [0.2, 0.25) is 0 Å². The van der Waals surface area contributed by atoms with Crippen LogP contribution in [0.25, 0.3) is 22.8 Å². The summed E-state index contributed by atoms with van der Waals surface area (Å²) in [5.41, 5.74) is 3.31. The van der Waals surface area contributed by atoms with Crippen LogP contribution in [0, 0.1) is 12.7 Å². The number of amides is 1. The molecule has 0 atom stereocenters. The minimum absolute atomic E-state index is 0.0765. The number of anilines is 1. The lowest BCUT2D eigenvalue weighted by Crippen LogP contribution is -2.41. The van der Waals surface area contributed by atoms with E-state index < -0.39 is 17.5 Å². The summed E-state index contributed by atoms with van der Waals surface area (Å²) in [7, 11) is 3.38. The summed E-state index contributed by atoms with van der Waals surface area (Å²) in [5.74, 6) is 1.64. The predicted molar refractivity (Wildman–Crippen MR) is 138 cm³/mol. The van der Waals surface area contributed by atoms with Gasteiger partial charge in [-0.1, -0.05) is 6.07 Å².